The van der Waals surface area contributed by atoms with E-state index < -0.39 is 17.7 Å². The Morgan fingerprint density at radius 2 is 1.76 bits per heavy atom. The third-order valence-corrected chi connectivity index (χ3v) is 5.47. The highest BCUT2D eigenvalue weighted by Gasteiger charge is 2.46. The predicted molar refractivity (Wildman–Crippen MR) is 110 cm³/mol. The van der Waals surface area contributed by atoms with Crippen LogP contribution in [0.3, 0.4) is 0 Å². The molecule has 1 aliphatic heterocycles. The Labute approximate surface area is 171 Å². The molecule has 154 valence electrons. The van der Waals surface area contributed by atoms with Crippen LogP contribution in [0.15, 0.2) is 54.6 Å². The highest BCUT2D eigenvalue weighted by atomic mass is 16.5. The van der Waals surface area contributed by atoms with Gasteiger partial charge in [-0.1, -0.05) is 61.5 Å². The topological polar surface area (TPSA) is 78.9 Å². The van der Waals surface area contributed by atoms with Crippen molar-refractivity contribution in [3.05, 3.63) is 71.3 Å². The number of urea groups is 1. The van der Waals surface area contributed by atoms with Crippen LogP contribution in [0, 0.1) is 6.92 Å². The Balaban J connectivity index is 1.71. The van der Waals surface area contributed by atoms with Crippen molar-refractivity contribution < 1.29 is 19.4 Å². The van der Waals surface area contributed by atoms with Gasteiger partial charge in [-0.3, -0.25) is 9.69 Å². The average molecular weight is 396 g/mol. The van der Waals surface area contributed by atoms with E-state index in [1.165, 1.54) is 0 Å². The van der Waals surface area contributed by atoms with Gasteiger partial charge in [-0.15, -0.1) is 0 Å². The first kappa shape index (κ1) is 21.0. The SMILES string of the molecule is CC[C@]1(C)NC(=O)N(C[C@@H](O)CO[C@@H](c2ccccc2)c2ccccc2C)C1=O. The summed E-state index contributed by atoms with van der Waals surface area (Å²) in [6.07, 6.45) is -0.848. The second-order valence-electron chi connectivity index (χ2n) is 7.67. The maximum absolute atomic E-state index is 12.5. The number of β-amino-alcohol motifs (C(OH)–C–C–N with tert-alkyl or cyclic N) is 1. The van der Waals surface area contributed by atoms with Gasteiger partial charge in [0.25, 0.3) is 5.91 Å². The number of hydrogen-bond acceptors (Lipinski definition) is 4. The minimum absolute atomic E-state index is 0.00616. The predicted octanol–water partition coefficient (Wildman–Crippen LogP) is 3.18. The molecule has 0 radical (unpaired) electrons. The third-order valence-electron chi connectivity index (χ3n) is 5.47. The van der Waals surface area contributed by atoms with E-state index in [4.69, 9.17) is 4.74 Å². The fourth-order valence-electron chi connectivity index (χ4n) is 3.50. The summed E-state index contributed by atoms with van der Waals surface area (Å²) in [4.78, 5) is 25.8. The van der Waals surface area contributed by atoms with Crippen LogP contribution < -0.4 is 5.32 Å². The monoisotopic (exact) mass is 396 g/mol. The zero-order chi connectivity index (χ0) is 21.0. The lowest BCUT2D eigenvalue weighted by atomic mass is 9.97. The number of carbonyl (C=O) groups excluding carboxylic acids is 2. The lowest BCUT2D eigenvalue weighted by Crippen LogP contribution is -2.44. The molecule has 0 aliphatic carbocycles. The van der Waals surface area contributed by atoms with Gasteiger partial charge in [0.2, 0.25) is 0 Å². The summed E-state index contributed by atoms with van der Waals surface area (Å²) in [5.74, 6) is -0.317. The van der Waals surface area contributed by atoms with Crippen LogP contribution in [-0.4, -0.2) is 46.7 Å². The van der Waals surface area contributed by atoms with E-state index in [-0.39, 0.29) is 25.2 Å². The first-order chi connectivity index (χ1) is 13.9. The van der Waals surface area contributed by atoms with E-state index in [0.29, 0.717) is 6.42 Å². The molecule has 1 heterocycles. The van der Waals surface area contributed by atoms with E-state index >= 15 is 0 Å². The number of nitrogens with zero attached hydrogens (tertiary/aromatic N) is 1. The molecule has 0 saturated carbocycles. The summed E-state index contributed by atoms with van der Waals surface area (Å²) in [5.41, 5.74) is 2.16. The fraction of sp³-hybridized carbons (Fsp3) is 0.391. The summed E-state index contributed by atoms with van der Waals surface area (Å²) in [5, 5.41) is 13.2. The summed E-state index contributed by atoms with van der Waals surface area (Å²) in [6.45, 7) is 5.45. The molecule has 3 atom stereocenters. The summed E-state index contributed by atoms with van der Waals surface area (Å²) in [6, 6.07) is 17.3. The molecular weight excluding hydrogens is 368 g/mol. The van der Waals surface area contributed by atoms with Crippen LogP contribution in [-0.2, 0) is 9.53 Å². The largest absolute Gasteiger partial charge is 0.389 e. The number of nitrogens with one attached hydrogen (secondary N) is 1. The molecule has 3 rings (SSSR count). The molecule has 0 aromatic heterocycles. The molecule has 2 aromatic carbocycles. The van der Waals surface area contributed by atoms with Gasteiger partial charge in [-0.05, 0) is 37.0 Å². The number of aliphatic hydroxyl groups excluding tert-OH is 1. The molecule has 0 bridgehead atoms. The second-order valence-corrected chi connectivity index (χ2v) is 7.67. The van der Waals surface area contributed by atoms with Crippen molar-refractivity contribution in [2.45, 2.75) is 44.9 Å². The van der Waals surface area contributed by atoms with Crippen LogP contribution in [0.1, 0.15) is 43.1 Å². The zero-order valence-corrected chi connectivity index (χ0v) is 17.1. The minimum Gasteiger partial charge on any atom is -0.389 e. The maximum atomic E-state index is 12.5. The van der Waals surface area contributed by atoms with Gasteiger partial charge in [0, 0.05) is 0 Å². The van der Waals surface area contributed by atoms with Gasteiger partial charge in [0.1, 0.15) is 11.6 Å². The Kier molecular flexibility index (Phi) is 6.35. The quantitative estimate of drug-likeness (QED) is 0.672. The van der Waals surface area contributed by atoms with Crippen molar-refractivity contribution >= 4 is 11.9 Å². The standard InChI is InChI=1S/C23H28N2O4/c1-4-23(3)21(27)25(22(28)24-23)14-18(26)15-29-20(17-11-6-5-7-12-17)19-13-9-8-10-16(19)2/h5-13,18,20,26H,4,14-15H2,1-3H3,(H,24,28)/t18-,20+,23+/m1/s1. The van der Waals surface area contributed by atoms with Crippen molar-refractivity contribution in [3.63, 3.8) is 0 Å². The van der Waals surface area contributed by atoms with E-state index in [0.717, 1.165) is 21.6 Å². The number of aliphatic hydroxyl groups is 1. The smallest absolute Gasteiger partial charge is 0.325 e. The molecule has 2 N–H and O–H groups in total. The molecule has 0 unspecified atom stereocenters. The molecule has 1 aliphatic rings. The van der Waals surface area contributed by atoms with E-state index in [2.05, 4.69) is 5.32 Å². The summed E-state index contributed by atoms with van der Waals surface area (Å²) >= 11 is 0. The molecule has 6 heteroatoms. The van der Waals surface area contributed by atoms with Crippen LogP contribution in [0.5, 0.6) is 0 Å². The van der Waals surface area contributed by atoms with E-state index in [1.807, 2.05) is 68.4 Å². The highest BCUT2D eigenvalue weighted by Crippen LogP contribution is 2.29. The lowest BCUT2D eigenvalue weighted by Gasteiger charge is -2.24. The number of rotatable bonds is 8. The number of carbonyl (C=O) groups is 2. The highest BCUT2D eigenvalue weighted by molar-refractivity contribution is 6.06. The average Bonchev–Trinajstić information content (AvgIpc) is 2.94. The molecule has 6 nitrogen and oxygen atoms in total. The number of hydrogen-bond donors (Lipinski definition) is 2. The Morgan fingerprint density at radius 3 is 2.38 bits per heavy atom. The van der Waals surface area contributed by atoms with Crippen LogP contribution in [0.2, 0.25) is 0 Å². The maximum Gasteiger partial charge on any atom is 0.325 e. The van der Waals surface area contributed by atoms with Crippen LogP contribution in [0.25, 0.3) is 0 Å². The second kappa shape index (κ2) is 8.76. The summed E-state index contributed by atoms with van der Waals surface area (Å²) in [7, 11) is 0. The summed E-state index contributed by atoms with van der Waals surface area (Å²) < 4.78 is 6.10. The number of ether oxygens (including phenoxy) is 1. The number of benzene rings is 2. The molecule has 3 amide bonds. The molecule has 1 fully saturated rings. The number of amides is 3. The molecule has 1 saturated heterocycles. The Morgan fingerprint density at radius 1 is 1.10 bits per heavy atom. The molecule has 0 spiro atoms. The van der Waals surface area contributed by atoms with Crippen molar-refractivity contribution in [2.24, 2.45) is 0 Å². The zero-order valence-electron chi connectivity index (χ0n) is 17.1. The molecule has 2 aromatic rings. The number of aryl methyl sites for hydroxylation is 1. The van der Waals surface area contributed by atoms with Crippen LogP contribution >= 0.6 is 0 Å². The Hall–Kier alpha value is -2.70. The lowest BCUT2D eigenvalue weighted by molar-refractivity contribution is -0.132. The van der Waals surface area contributed by atoms with E-state index in [9.17, 15) is 14.7 Å². The first-order valence-electron chi connectivity index (χ1n) is 9.90. The normalized spacial score (nSPS) is 21.2. The van der Waals surface area contributed by atoms with Crippen molar-refractivity contribution in [2.75, 3.05) is 13.2 Å². The van der Waals surface area contributed by atoms with Gasteiger partial charge < -0.3 is 15.2 Å². The Bertz CT molecular complexity index is 870. The van der Waals surface area contributed by atoms with Crippen molar-refractivity contribution in [1.82, 2.24) is 10.2 Å². The third kappa shape index (κ3) is 4.49. The molecule has 29 heavy (non-hydrogen) atoms. The van der Waals surface area contributed by atoms with Gasteiger partial charge in [0.15, 0.2) is 0 Å². The van der Waals surface area contributed by atoms with E-state index in [1.54, 1.807) is 6.92 Å². The van der Waals surface area contributed by atoms with Crippen molar-refractivity contribution in [3.8, 4) is 0 Å². The molecular formula is C23H28N2O4. The van der Waals surface area contributed by atoms with Gasteiger partial charge in [-0.2, -0.15) is 0 Å². The number of imide groups is 1. The van der Waals surface area contributed by atoms with Crippen LogP contribution in [0.4, 0.5) is 4.79 Å². The first-order valence-corrected chi connectivity index (χ1v) is 9.90. The van der Waals surface area contributed by atoms with Crippen molar-refractivity contribution in [1.29, 1.82) is 0 Å². The van der Waals surface area contributed by atoms with Gasteiger partial charge in [0.05, 0.1) is 19.3 Å². The fourth-order valence-corrected chi connectivity index (χ4v) is 3.50. The van der Waals surface area contributed by atoms with Gasteiger partial charge in [-0.25, -0.2) is 4.79 Å². The minimum atomic E-state index is -0.987. The van der Waals surface area contributed by atoms with Gasteiger partial charge >= 0.3 is 6.03 Å².